The first-order chi connectivity index (χ1) is 14.4. The number of benzene rings is 2. The summed E-state index contributed by atoms with van der Waals surface area (Å²) >= 11 is 0. The SMILES string of the molecule is COc1cc(Oc2ccc(NC(=O)[C@@](NC(=O)O)(C(C)C)C(C)(C)C)cc2)ccc1C. The number of anilines is 1. The third-order valence-electron chi connectivity index (χ3n) is 5.44. The summed E-state index contributed by atoms with van der Waals surface area (Å²) in [5, 5.41) is 14.7. The Bertz CT molecular complexity index is 932. The van der Waals surface area contributed by atoms with Crippen LogP contribution >= 0.6 is 0 Å². The third kappa shape index (κ3) is 5.29. The summed E-state index contributed by atoms with van der Waals surface area (Å²) in [5.41, 5.74) is -0.417. The fourth-order valence-corrected chi connectivity index (χ4v) is 3.86. The van der Waals surface area contributed by atoms with Crippen LogP contribution in [-0.4, -0.2) is 29.8 Å². The molecule has 2 aromatic rings. The molecule has 7 nitrogen and oxygen atoms in total. The maximum absolute atomic E-state index is 13.3. The van der Waals surface area contributed by atoms with Gasteiger partial charge >= 0.3 is 6.09 Å². The molecule has 0 fully saturated rings. The van der Waals surface area contributed by atoms with Gasteiger partial charge in [0, 0.05) is 11.8 Å². The van der Waals surface area contributed by atoms with Gasteiger partial charge in [0.25, 0.3) is 5.91 Å². The van der Waals surface area contributed by atoms with Crippen LogP contribution in [0, 0.1) is 18.3 Å². The highest BCUT2D eigenvalue weighted by Gasteiger charge is 2.52. The van der Waals surface area contributed by atoms with E-state index in [1.165, 1.54) is 0 Å². The fraction of sp³-hybridized carbons (Fsp3) is 0.417. The minimum absolute atomic E-state index is 0.275. The van der Waals surface area contributed by atoms with Gasteiger partial charge in [0.2, 0.25) is 0 Å². The summed E-state index contributed by atoms with van der Waals surface area (Å²) in [6.45, 7) is 11.1. The van der Waals surface area contributed by atoms with Crippen LogP contribution in [0.5, 0.6) is 17.2 Å². The number of aryl methyl sites for hydroxylation is 1. The van der Waals surface area contributed by atoms with E-state index in [-0.39, 0.29) is 5.92 Å². The number of amides is 2. The molecule has 0 aliphatic rings. The Balaban J connectivity index is 2.22. The highest BCUT2D eigenvalue weighted by molar-refractivity contribution is 6.00. The smallest absolute Gasteiger partial charge is 0.405 e. The van der Waals surface area contributed by atoms with Crippen LogP contribution in [0.3, 0.4) is 0 Å². The van der Waals surface area contributed by atoms with Crippen molar-refractivity contribution in [1.82, 2.24) is 5.32 Å². The van der Waals surface area contributed by atoms with E-state index in [2.05, 4.69) is 10.6 Å². The lowest BCUT2D eigenvalue weighted by Gasteiger charge is -2.46. The first-order valence-electron chi connectivity index (χ1n) is 10.2. The second-order valence-electron chi connectivity index (χ2n) is 8.85. The van der Waals surface area contributed by atoms with Gasteiger partial charge in [0.1, 0.15) is 22.8 Å². The van der Waals surface area contributed by atoms with Gasteiger partial charge in [-0.25, -0.2) is 4.79 Å². The van der Waals surface area contributed by atoms with E-state index in [0.29, 0.717) is 17.2 Å². The Hall–Kier alpha value is -3.22. The van der Waals surface area contributed by atoms with E-state index in [0.717, 1.165) is 11.3 Å². The number of methoxy groups -OCH3 is 1. The molecule has 0 aromatic heterocycles. The van der Waals surface area contributed by atoms with Gasteiger partial charge in [-0.15, -0.1) is 0 Å². The van der Waals surface area contributed by atoms with Crippen molar-refractivity contribution in [3.8, 4) is 17.2 Å². The number of carboxylic acid groups (broad SMARTS) is 1. The molecule has 0 heterocycles. The highest BCUT2D eigenvalue weighted by Crippen LogP contribution is 2.38. The fourth-order valence-electron chi connectivity index (χ4n) is 3.86. The Labute approximate surface area is 183 Å². The molecule has 0 aliphatic carbocycles. The first-order valence-corrected chi connectivity index (χ1v) is 10.2. The van der Waals surface area contributed by atoms with Gasteiger partial charge < -0.3 is 25.2 Å². The molecule has 0 aliphatic heterocycles. The predicted molar refractivity (Wildman–Crippen MR) is 121 cm³/mol. The predicted octanol–water partition coefficient (Wildman–Crippen LogP) is 5.44. The van der Waals surface area contributed by atoms with Crippen molar-refractivity contribution >= 4 is 17.7 Å². The summed E-state index contributed by atoms with van der Waals surface area (Å²) in [4.78, 5) is 24.7. The number of carbonyl (C=O) groups excluding carboxylic acids is 1. The molecular formula is C24H32N2O5. The number of carbonyl (C=O) groups is 2. The zero-order valence-corrected chi connectivity index (χ0v) is 19.2. The van der Waals surface area contributed by atoms with E-state index < -0.39 is 23.0 Å². The molecule has 0 unspecified atom stereocenters. The lowest BCUT2D eigenvalue weighted by molar-refractivity contribution is -0.129. The maximum atomic E-state index is 13.3. The molecule has 0 saturated carbocycles. The molecule has 0 radical (unpaired) electrons. The normalized spacial score (nSPS) is 13.3. The van der Waals surface area contributed by atoms with Crippen LogP contribution in [0.25, 0.3) is 0 Å². The minimum atomic E-state index is -1.31. The molecule has 0 saturated heterocycles. The highest BCUT2D eigenvalue weighted by atomic mass is 16.5. The van der Waals surface area contributed by atoms with E-state index in [1.807, 2.05) is 59.7 Å². The largest absolute Gasteiger partial charge is 0.496 e. The molecule has 31 heavy (non-hydrogen) atoms. The number of nitrogens with one attached hydrogen (secondary N) is 2. The van der Waals surface area contributed by atoms with Crippen molar-refractivity contribution in [2.75, 3.05) is 12.4 Å². The Morgan fingerprint density at radius 1 is 1.00 bits per heavy atom. The second-order valence-corrected chi connectivity index (χ2v) is 8.85. The first kappa shape index (κ1) is 24.1. The number of ether oxygens (including phenoxy) is 2. The van der Waals surface area contributed by atoms with Crippen molar-refractivity contribution in [3.63, 3.8) is 0 Å². The van der Waals surface area contributed by atoms with Crippen LogP contribution in [0.15, 0.2) is 42.5 Å². The van der Waals surface area contributed by atoms with Crippen LogP contribution in [0.4, 0.5) is 10.5 Å². The van der Waals surface area contributed by atoms with Crippen molar-refractivity contribution in [2.24, 2.45) is 11.3 Å². The quantitative estimate of drug-likeness (QED) is 0.545. The maximum Gasteiger partial charge on any atom is 0.405 e. The molecule has 3 N–H and O–H groups in total. The summed E-state index contributed by atoms with van der Waals surface area (Å²) in [6, 6.07) is 12.5. The lowest BCUT2D eigenvalue weighted by atomic mass is 9.66. The van der Waals surface area contributed by atoms with Crippen molar-refractivity contribution in [2.45, 2.75) is 47.1 Å². The van der Waals surface area contributed by atoms with Gasteiger partial charge in [-0.2, -0.15) is 0 Å². The van der Waals surface area contributed by atoms with Crippen molar-refractivity contribution in [1.29, 1.82) is 0 Å². The van der Waals surface area contributed by atoms with Gasteiger partial charge in [0.15, 0.2) is 0 Å². The van der Waals surface area contributed by atoms with Crippen LogP contribution in [0.1, 0.15) is 40.2 Å². The van der Waals surface area contributed by atoms with Gasteiger partial charge in [-0.05, 0) is 54.2 Å². The molecule has 7 heteroatoms. The average Bonchev–Trinajstić information content (AvgIpc) is 2.67. The molecule has 1 atom stereocenters. The summed E-state index contributed by atoms with van der Waals surface area (Å²) in [6.07, 6.45) is -1.24. The number of hydrogen-bond donors (Lipinski definition) is 3. The van der Waals surface area contributed by atoms with Crippen LogP contribution < -0.4 is 20.1 Å². The zero-order valence-electron chi connectivity index (χ0n) is 19.2. The summed E-state index contributed by atoms with van der Waals surface area (Å²) in [7, 11) is 1.61. The standard InChI is InChI=1S/C24H32N2O5/c1-15(2)24(23(4,5)6,26-22(28)29)21(27)25-17-9-12-18(13-10-17)31-19-11-8-16(3)20(14-19)30-7/h8-15,26H,1-7H3,(H,25,27)(H,28,29)/t24-/m0/s1. The van der Waals surface area contributed by atoms with E-state index in [9.17, 15) is 14.7 Å². The van der Waals surface area contributed by atoms with Crippen LogP contribution in [-0.2, 0) is 4.79 Å². The Morgan fingerprint density at radius 3 is 2.06 bits per heavy atom. The van der Waals surface area contributed by atoms with Crippen LogP contribution in [0.2, 0.25) is 0 Å². The summed E-state index contributed by atoms with van der Waals surface area (Å²) < 4.78 is 11.2. The summed E-state index contributed by atoms with van der Waals surface area (Å²) in [5.74, 6) is 1.28. The molecule has 2 rings (SSSR count). The zero-order chi connectivity index (χ0) is 23.4. The molecule has 2 aromatic carbocycles. The second kappa shape index (κ2) is 9.29. The molecule has 0 bridgehead atoms. The molecule has 168 valence electrons. The average molecular weight is 429 g/mol. The monoisotopic (exact) mass is 428 g/mol. The van der Waals surface area contributed by atoms with E-state index in [4.69, 9.17) is 9.47 Å². The van der Waals surface area contributed by atoms with Gasteiger partial charge in [-0.1, -0.05) is 40.7 Å². The van der Waals surface area contributed by atoms with Gasteiger partial charge in [0.05, 0.1) is 7.11 Å². The number of rotatable bonds is 7. The van der Waals surface area contributed by atoms with E-state index >= 15 is 0 Å². The third-order valence-corrected chi connectivity index (χ3v) is 5.44. The van der Waals surface area contributed by atoms with Gasteiger partial charge in [-0.3, -0.25) is 4.79 Å². The Kier molecular flexibility index (Phi) is 7.21. The minimum Gasteiger partial charge on any atom is -0.496 e. The number of hydrogen-bond acceptors (Lipinski definition) is 4. The molecular weight excluding hydrogens is 396 g/mol. The molecule has 2 amide bonds. The molecule has 0 spiro atoms. The topological polar surface area (TPSA) is 96.9 Å². The van der Waals surface area contributed by atoms with Crippen molar-refractivity contribution in [3.05, 3.63) is 48.0 Å². The van der Waals surface area contributed by atoms with Crippen molar-refractivity contribution < 1.29 is 24.2 Å². The lowest BCUT2D eigenvalue weighted by Crippen LogP contribution is -2.67. The van der Waals surface area contributed by atoms with E-state index in [1.54, 1.807) is 31.4 Å². The Morgan fingerprint density at radius 2 is 1.58 bits per heavy atom.